The van der Waals surface area contributed by atoms with Crippen LogP contribution in [0.25, 0.3) is 32.3 Å². The first-order valence-electron chi connectivity index (χ1n) is 15.0. The van der Waals surface area contributed by atoms with E-state index in [0.29, 0.717) is 11.8 Å². The molecule has 0 aromatic heterocycles. The molecule has 0 saturated carbocycles. The van der Waals surface area contributed by atoms with Gasteiger partial charge in [-0.2, -0.15) is 5.26 Å². The third-order valence-corrected chi connectivity index (χ3v) is 10.8. The van der Waals surface area contributed by atoms with Crippen LogP contribution in [0.15, 0.2) is 109 Å². The summed E-state index contributed by atoms with van der Waals surface area (Å²) in [6, 6.07) is 44.0. The minimum atomic E-state index is -0.510. The molecule has 196 valence electrons. The van der Waals surface area contributed by atoms with Crippen molar-refractivity contribution in [2.75, 3.05) is 0 Å². The van der Waals surface area contributed by atoms with Crippen molar-refractivity contribution in [2.24, 2.45) is 5.41 Å². The molecule has 6 aromatic rings. The largest absolute Gasteiger partial charge is 0.198 e. The van der Waals surface area contributed by atoms with E-state index >= 15 is 0 Å². The van der Waals surface area contributed by atoms with Crippen LogP contribution in [-0.4, -0.2) is 0 Å². The molecule has 9 rings (SSSR count). The van der Waals surface area contributed by atoms with Crippen molar-refractivity contribution in [1.82, 2.24) is 0 Å². The van der Waals surface area contributed by atoms with Gasteiger partial charge in [0.05, 0.1) is 11.5 Å². The molecule has 3 aliphatic carbocycles. The fraction of sp³-hybridized carbons (Fsp3) is 0.225. The summed E-state index contributed by atoms with van der Waals surface area (Å²) in [5, 5.41) is 18.9. The molecule has 41 heavy (non-hydrogen) atoms. The predicted octanol–water partition coefficient (Wildman–Crippen LogP) is 10.1. The summed E-state index contributed by atoms with van der Waals surface area (Å²) in [7, 11) is 0. The molecule has 0 fully saturated rings. The van der Waals surface area contributed by atoms with Gasteiger partial charge in [-0.1, -0.05) is 109 Å². The minimum absolute atomic E-state index is 0.116. The van der Waals surface area contributed by atoms with E-state index < -0.39 is 5.41 Å². The zero-order valence-corrected chi connectivity index (χ0v) is 23.4. The Kier molecular flexibility index (Phi) is 4.59. The molecule has 0 saturated heterocycles. The van der Waals surface area contributed by atoms with E-state index in [1.54, 1.807) is 0 Å². The van der Waals surface area contributed by atoms with Crippen LogP contribution in [-0.2, 0) is 6.42 Å². The lowest BCUT2D eigenvalue weighted by Crippen LogP contribution is -2.29. The lowest BCUT2D eigenvalue weighted by molar-refractivity contribution is 0.287. The van der Waals surface area contributed by atoms with Crippen LogP contribution in [0.2, 0.25) is 0 Å². The van der Waals surface area contributed by atoms with Gasteiger partial charge in [0.25, 0.3) is 0 Å². The summed E-state index contributed by atoms with van der Waals surface area (Å²) in [6.45, 7) is 4.33. The highest BCUT2D eigenvalue weighted by Gasteiger charge is 2.53. The van der Waals surface area contributed by atoms with Gasteiger partial charge >= 0.3 is 0 Å². The SMILES string of the molecule is CC(C)(C#N)[C@@H]1c2cccc3cccc(c23)[C@H]1[C@@H]1c2cccc3cccc(c23)[C@H]1[C@@H]1Cc2cccc3cccc1c23. The fourth-order valence-electron chi connectivity index (χ4n) is 9.44. The van der Waals surface area contributed by atoms with E-state index in [4.69, 9.17) is 0 Å². The molecule has 6 aromatic carbocycles. The Hall–Kier alpha value is -4.41. The lowest BCUT2D eigenvalue weighted by Gasteiger charge is -2.40. The Bertz CT molecular complexity index is 2090. The normalized spacial score (nSPS) is 24.0. The summed E-state index contributed by atoms with van der Waals surface area (Å²) < 4.78 is 0. The topological polar surface area (TPSA) is 23.8 Å². The summed E-state index contributed by atoms with van der Waals surface area (Å²) in [5.41, 5.74) is 8.23. The Morgan fingerprint density at radius 1 is 0.537 bits per heavy atom. The molecule has 1 heteroatoms. The van der Waals surface area contributed by atoms with Crippen LogP contribution in [0.1, 0.15) is 76.8 Å². The van der Waals surface area contributed by atoms with E-state index in [2.05, 4.69) is 129 Å². The van der Waals surface area contributed by atoms with Gasteiger partial charge in [-0.05, 0) is 104 Å². The van der Waals surface area contributed by atoms with Crippen LogP contribution >= 0.6 is 0 Å². The maximum atomic E-state index is 10.6. The van der Waals surface area contributed by atoms with Crippen LogP contribution < -0.4 is 0 Å². The third kappa shape index (κ3) is 2.95. The van der Waals surface area contributed by atoms with E-state index in [0.717, 1.165) is 6.42 Å². The van der Waals surface area contributed by atoms with Gasteiger partial charge < -0.3 is 0 Å². The average Bonchev–Trinajstić information content (AvgIpc) is 3.65. The summed E-state index contributed by atoms with van der Waals surface area (Å²) in [5.74, 6) is 1.34. The first-order valence-corrected chi connectivity index (χ1v) is 15.0. The van der Waals surface area contributed by atoms with E-state index in [9.17, 15) is 5.26 Å². The van der Waals surface area contributed by atoms with Crippen LogP contribution in [0, 0.1) is 16.7 Å². The van der Waals surface area contributed by atoms with Crippen molar-refractivity contribution in [1.29, 1.82) is 5.26 Å². The zero-order chi connectivity index (χ0) is 27.5. The first-order chi connectivity index (χ1) is 20.1. The Morgan fingerprint density at radius 2 is 1.00 bits per heavy atom. The molecular formula is C40H31N. The fourth-order valence-corrected chi connectivity index (χ4v) is 9.44. The average molecular weight is 526 g/mol. The zero-order valence-electron chi connectivity index (χ0n) is 23.4. The van der Waals surface area contributed by atoms with Gasteiger partial charge in [-0.3, -0.25) is 0 Å². The van der Waals surface area contributed by atoms with Crippen molar-refractivity contribution >= 4 is 32.3 Å². The Balaban J connectivity index is 1.34. The molecule has 0 N–H and O–H groups in total. The molecular weight excluding hydrogens is 494 g/mol. The van der Waals surface area contributed by atoms with E-state index in [1.165, 1.54) is 65.7 Å². The number of rotatable bonds is 3. The van der Waals surface area contributed by atoms with Gasteiger partial charge in [-0.25, -0.2) is 0 Å². The number of nitriles is 1. The van der Waals surface area contributed by atoms with Crippen LogP contribution in [0.3, 0.4) is 0 Å². The highest BCUT2D eigenvalue weighted by molar-refractivity contribution is 5.97. The molecule has 0 radical (unpaired) electrons. The summed E-state index contributed by atoms with van der Waals surface area (Å²) >= 11 is 0. The number of hydrogen-bond donors (Lipinski definition) is 0. The maximum Gasteiger partial charge on any atom is 0.0690 e. The molecule has 0 amide bonds. The van der Waals surface area contributed by atoms with Crippen molar-refractivity contribution in [3.8, 4) is 6.07 Å². The second kappa shape index (κ2) is 8.08. The number of hydrogen-bond acceptors (Lipinski definition) is 1. The maximum absolute atomic E-state index is 10.6. The predicted molar refractivity (Wildman–Crippen MR) is 169 cm³/mol. The number of benzene rings is 6. The monoisotopic (exact) mass is 525 g/mol. The van der Waals surface area contributed by atoms with Gasteiger partial charge in [0.2, 0.25) is 0 Å². The summed E-state index contributed by atoms with van der Waals surface area (Å²) in [4.78, 5) is 0. The first kappa shape index (κ1) is 23.3. The van der Waals surface area contributed by atoms with Crippen molar-refractivity contribution in [2.45, 2.75) is 49.9 Å². The van der Waals surface area contributed by atoms with Gasteiger partial charge in [0.1, 0.15) is 0 Å². The molecule has 5 atom stereocenters. The third-order valence-electron chi connectivity index (χ3n) is 10.8. The molecule has 0 unspecified atom stereocenters. The quantitative estimate of drug-likeness (QED) is 0.225. The smallest absolute Gasteiger partial charge is 0.0690 e. The van der Waals surface area contributed by atoms with Crippen LogP contribution in [0.4, 0.5) is 0 Å². The second-order valence-corrected chi connectivity index (χ2v) is 13.1. The van der Waals surface area contributed by atoms with Gasteiger partial charge in [0.15, 0.2) is 0 Å². The minimum Gasteiger partial charge on any atom is -0.198 e. The van der Waals surface area contributed by atoms with Crippen LogP contribution in [0.5, 0.6) is 0 Å². The highest BCUT2D eigenvalue weighted by Crippen LogP contribution is 2.67. The van der Waals surface area contributed by atoms with Crippen molar-refractivity contribution in [3.63, 3.8) is 0 Å². The van der Waals surface area contributed by atoms with E-state index in [-0.39, 0.29) is 17.8 Å². The Morgan fingerprint density at radius 3 is 1.61 bits per heavy atom. The van der Waals surface area contributed by atoms with Gasteiger partial charge in [0, 0.05) is 11.8 Å². The van der Waals surface area contributed by atoms with E-state index in [1.807, 2.05) is 0 Å². The van der Waals surface area contributed by atoms with Crippen molar-refractivity contribution < 1.29 is 0 Å². The molecule has 0 aliphatic heterocycles. The second-order valence-electron chi connectivity index (χ2n) is 13.1. The molecule has 0 heterocycles. The lowest BCUT2D eigenvalue weighted by atomic mass is 9.62. The Labute approximate surface area is 241 Å². The highest BCUT2D eigenvalue weighted by atomic mass is 14.6. The molecule has 0 spiro atoms. The molecule has 1 nitrogen and oxygen atoms in total. The molecule has 0 bridgehead atoms. The van der Waals surface area contributed by atoms with Gasteiger partial charge in [-0.15, -0.1) is 0 Å². The standard InChI is InChI=1S/C40H31N/c1-40(2,22-41)39-31-20-8-14-25-13-7-19-30(35(25)31)38(39)37-29-18-6-12-24-11-5-17-28(34(24)29)36(37)32-21-26-15-3-9-23-10-4-16-27(32)33(23)26/h3-20,32,36-39H,21H2,1-2H3/t32-,36+,37-,38+,39-/m1/s1. The molecule has 3 aliphatic rings. The van der Waals surface area contributed by atoms with Crippen molar-refractivity contribution in [3.05, 3.63) is 143 Å². The number of nitrogens with zero attached hydrogens (tertiary/aromatic N) is 1. The summed E-state index contributed by atoms with van der Waals surface area (Å²) in [6.07, 6.45) is 1.07.